The third-order valence-electron chi connectivity index (χ3n) is 4.23. The van der Waals surface area contributed by atoms with Crippen molar-refractivity contribution in [3.05, 3.63) is 59.7 Å². The summed E-state index contributed by atoms with van der Waals surface area (Å²) in [4.78, 5) is 23.3. The van der Waals surface area contributed by atoms with Gasteiger partial charge < -0.3 is 15.4 Å². The normalized spacial score (nSPS) is 11.3. The van der Waals surface area contributed by atoms with Crippen LogP contribution in [0.4, 0.5) is 5.69 Å². The molecule has 30 heavy (non-hydrogen) atoms. The van der Waals surface area contributed by atoms with Gasteiger partial charge in [-0.1, -0.05) is 24.3 Å². The minimum absolute atomic E-state index is 0.0387. The van der Waals surface area contributed by atoms with Gasteiger partial charge in [-0.15, -0.1) is 0 Å². The van der Waals surface area contributed by atoms with Crippen molar-refractivity contribution in [2.45, 2.75) is 31.9 Å². The van der Waals surface area contributed by atoms with Crippen LogP contribution >= 0.6 is 0 Å². The lowest BCUT2D eigenvalue weighted by Crippen LogP contribution is -2.38. The largest absolute Gasteiger partial charge is 0.377 e. The number of ether oxygens (including phenoxy) is 1. The number of carbonyl (C=O) groups is 2. The Morgan fingerprint density at radius 2 is 1.60 bits per heavy atom. The molecular weight excluding hydrogens is 406 g/mol. The molecule has 0 aliphatic heterocycles. The van der Waals surface area contributed by atoms with Crippen LogP contribution in [0, 0.1) is 0 Å². The first-order valence-electron chi connectivity index (χ1n) is 9.48. The molecular formula is C21H27N3O5S. The van der Waals surface area contributed by atoms with E-state index in [0.717, 1.165) is 15.4 Å². The molecule has 0 aliphatic carbocycles. The molecule has 0 saturated carbocycles. The molecule has 0 spiro atoms. The fraction of sp³-hybridized carbons (Fsp3) is 0.333. The minimum Gasteiger partial charge on any atom is -0.377 e. The molecule has 0 radical (unpaired) electrons. The van der Waals surface area contributed by atoms with Gasteiger partial charge in [0.2, 0.25) is 21.8 Å². The molecule has 162 valence electrons. The van der Waals surface area contributed by atoms with Crippen molar-refractivity contribution < 1.29 is 22.7 Å². The standard InChI is InChI=1S/C21H27N3O5S/c1-4-29-15-18-7-5-17(6-8-18)13-22-21(26)14-24(3)30(27,28)20-11-9-19(10-12-20)23-16(2)25/h5-12H,4,13-15H2,1-3H3,(H,22,26)(H,23,25). The van der Waals surface area contributed by atoms with E-state index >= 15 is 0 Å². The van der Waals surface area contributed by atoms with Gasteiger partial charge in [0, 0.05) is 32.8 Å². The molecule has 0 atom stereocenters. The van der Waals surface area contributed by atoms with Crippen molar-refractivity contribution in [3.63, 3.8) is 0 Å². The summed E-state index contributed by atoms with van der Waals surface area (Å²) >= 11 is 0. The van der Waals surface area contributed by atoms with Crippen molar-refractivity contribution in [2.75, 3.05) is 25.5 Å². The molecule has 0 heterocycles. The molecule has 0 aromatic heterocycles. The fourth-order valence-corrected chi connectivity index (χ4v) is 3.74. The molecule has 9 heteroatoms. The van der Waals surface area contributed by atoms with Crippen molar-refractivity contribution in [2.24, 2.45) is 0 Å². The van der Waals surface area contributed by atoms with Crippen LogP contribution in [-0.4, -0.2) is 44.7 Å². The van der Waals surface area contributed by atoms with Crippen LogP contribution in [0.15, 0.2) is 53.4 Å². The van der Waals surface area contributed by atoms with Crippen LogP contribution in [0.5, 0.6) is 0 Å². The highest BCUT2D eigenvalue weighted by molar-refractivity contribution is 7.89. The van der Waals surface area contributed by atoms with E-state index in [1.165, 1.54) is 38.2 Å². The van der Waals surface area contributed by atoms with Gasteiger partial charge in [-0.3, -0.25) is 9.59 Å². The molecule has 8 nitrogen and oxygen atoms in total. The number of benzene rings is 2. The van der Waals surface area contributed by atoms with Crippen LogP contribution in [0.25, 0.3) is 0 Å². The molecule has 0 unspecified atom stereocenters. The second-order valence-corrected chi connectivity index (χ2v) is 8.74. The third kappa shape index (κ3) is 6.94. The quantitative estimate of drug-likeness (QED) is 0.597. The monoisotopic (exact) mass is 433 g/mol. The highest BCUT2D eigenvalue weighted by atomic mass is 32.2. The van der Waals surface area contributed by atoms with Crippen molar-refractivity contribution in [1.29, 1.82) is 0 Å². The van der Waals surface area contributed by atoms with Crippen molar-refractivity contribution in [1.82, 2.24) is 9.62 Å². The molecule has 0 bridgehead atoms. The molecule has 2 aromatic carbocycles. The van der Waals surface area contributed by atoms with Crippen LogP contribution in [0.3, 0.4) is 0 Å². The summed E-state index contributed by atoms with van der Waals surface area (Å²) in [7, 11) is -2.48. The highest BCUT2D eigenvalue weighted by Crippen LogP contribution is 2.17. The Bertz CT molecular complexity index is 957. The zero-order valence-corrected chi connectivity index (χ0v) is 18.2. The third-order valence-corrected chi connectivity index (χ3v) is 6.05. The van der Waals surface area contributed by atoms with Gasteiger partial charge in [0.1, 0.15) is 0 Å². The van der Waals surface area contributed by atoms with Gasteiger partial charge in [-0.2, -0.15) is 4.31 Å². The molecule has 0 saturated heterocycles. The second-order valence-electron chi connectivity index (χ2n) is 6.70. The SMILES string of the molecule is CCOCc1ccc(CNC(=O)CN(C)S(=O)(=O)c2ccc(NC(C)=O)cc2)cc1. The maximum atomic E-state index is 12.6. The van der Waals surface area contributed by atoms with E-state index in [1.807, 2.05) is 31.2 Å². The average molecular weight is 434 g/mol. The number of hydrogen-bond donors (Lipinski definition) is 2. The second kappa shape index (κ2) is 10.9. The Labute approximate surface area is 177 Å². The Hall–Kier alpha value is -2.75. The van der Waals surface area contributed by atoms with Gasteiger partial charge in [-0.25, -0.2) is 8.42 Å². The lowest BCUT2D eigenvalue weighted by molar-refractivity contribution is -0.121. The molecule has 2 amide bonds. The Morgan fingerprint density at radius 1 is 1.00 bits per heavy atom. The highest BCUT2D eigenvalue weighted by Gasteiger charge is 2.22. The number of amides is 2. The lowest BCUT2D eigenvalue weighted by Gasteiger charge is -2.17. The predicted octanol–water partition coefficient (Wildman–Crippen LogP) is 2.12. The topological polar surface area (TPSA) is 105 Å². The van der Waals surface area contributed by atoms with E-state index in [9.17, 15) is 18.0 Å². The van der Waals surface area contributed by atoms with Gasteiger partial charge in [-0.05, 0) is 42.3 Å². The first kappa shape index (κ1) is 23.5. The molecule has 2 rings (SSSR count). The number of sulfonamides is 1. The first-order chi connectivity index (χ1) is 14.2. The number of likely N-dealkylation sites (N-methyl/N-ethyl adjacent to an activating group) is 1. The van der Waals surface area contributed by atoms with Crippen molar-refractivity contribution in [3.8, 4) is 0 Å². The summed E-state index contributed by atoms with van der Waals surface area (Å²) in [6.07, 6.45) is 0. The van der Waals surface area contributed by atoms with Gasteiger partial charge >= 0.3 is 0 Å². The number of carbonyl (C=O) groups excluding carboxylic acids is 2. The minimum atomic E-state index is -3.83. The van der Waals surface area contributed by atoms with Gasteiger partial charge in [0.25, 0.3) is 0 Å². The maximum absolute atomic E-state index is 12.6. The smallest absolute Gasteiger partial charge is 0.243 e. The summed E-state index contributed by atoms with van der Waals surface area (Å²) in [5, 5.41) is 5.30. The van der Waals surface area contributed by atoms with Crippen LogP contribution < -0.4 is 10.6 Å². The van der Waals surface area contributed by atoms with Crippen LogP contribution in [0.2, 0.25) is 0 Å². The summed E-state index contributed by atoms with van der Waals surface area (Å²) in [6.45, 7) is 4.48. The van der Waals surface area contributed by atoms with E-state index in [4.69, 9.17) is 4.74 Å². The predicted molar refractivity (Wildman–Crippen MR) is 114 cm³/mol. The summed E-state index contributed by atoms with van der Waals surface area (Å²) in [6, 6.07) is 13.4. The number of nitrogens with one attached hydrogen (secondary N) is 2. The molecule has 0 fully saturated rings. The van der Waals surface area contributed by atoms with Gasteiger partial charge in [0.15, 0.2) is 0 Å². The number of anilines is 1. The van der Waals surface area contributed by atoms with E-state index in [2.05, 4.69) is 10.6 Å². The zero-order valence-electron chi connectivity index (χ0n) is 17.3. The fourth-order valence-electron chi connectivity index (χ4n) is 2.61. The summed E-state index contributed by atoms with van der Waals surface area (Å²) in [5.74, 6) is -0.655. The zero-order chi connectivity index (χ0) is 22.1. The average Bonchev–Trinajstić information content (AvgIpc) is 2.71. The summed E-state index contributed by atoms with van der Waals surface area (Å²) < 4.78 is 31.6. The Kier molecular flexibility index (Phi) is 8.52. The number of hydrogen-bond acceptors (Lipinski definition) is 5. The molecule has 2 aromatic rings. The Balaban J connectivity index is 1.90. The number of rotatable bonds is 10. The van der Waals surface area contributed by atoms with Crippen LogP contribution in [0.1, 0.15) is 25.0 Å². The first-order valence-corrected chi connectivity index (χ1v) is 10.9. The maximum Gasteiger partial charge on any atom is 0.243 e. The van der Waals surface area contributed by atoms with E-state index in [-0.39, 0.29) is 17.3 Å². The van der Waals surface area contributed by atoms with E-state index < -0.39 is 15.9 Å². The molecule has 2 N–H and O–H groups in total. The van der Waals surface area contributed by atoms with E-state index in [0.29, 0.717) is 25.4 Å². The van der Waals surface area contributed by atoms with Crippen LogP contribution in [-0.2, 0) is 37.5 Å². The van der Waals surface area contributed by atoms with Gasteiger partial charge in [0.05, 0.1) is 18.0 Å². The lowest BCUT2D eigenvalue weighted by atomic mass is 10.1. The molecule has 0 aliphatic rings. The van der Waals surface area contributed by atoms with E-state index in [1.54, 1.807) is 0 Å². The van der Waals surface area contributed by atoms with Crippen molar-refractivity contribution >= 4 is 27.5 Å². The summed E-state index contributed by atoms with van der Waals surface area (Å²) in [5.41, 5.74) is 2.44. The Morgan fingerprint density at radius 3 is 2.17 bits per heavy atom. The number of nitrogens with zero attached hydrogens (tertiary/aromatic N) is 1.